The van der Waals surface area contributed by atoms with E-state index in [1.165, 1.54) is 7.11 Å². The molecule has 7 nitrogen and oxygen atoms in total. The Morgan fingerprint density at radius 2 is 2.07 bits per heavy atom. The minimum absolute atomic E-state index is 0.368. The van der Waals surface area contributed by atoms with Gasteiger partial charge in [0.15, 0.2) is 5.65 Å². The molecule has 1 saturated heterocycles. The lowest BCUT2D eigenvalue weighted by atomic mass is 10.1. The highest BCUT2D eigenvalue weighted by atomic mass is 16.5. The fourth-order valence-corrected chi connectivity index (χ4v) is 3.61. The molecule has 0 saturated carbocycles. The van der Waals surface area contributed by atoms with E-state index in [4.69, 9.17) is 14.5 Å². The molecule has 1 fully saturated rings. The molecule has 27 heavy (non-hydrogen) atoms. The smallest absolute Gasteiger partial charge is 0.341 e. The lowest BCUT2D eigenvalue weighted by Crippen LogP contribution is -2.39. The molecule has 0 bridgehead atoms. The molecule has 0 atom stereocenters. The van der Waals surface area contributed by atoms with E-state index in [2.05, 4.69) is 10.2 Å². The molecule has 0 amide bonds. The molecule has 2 aromatic heterocycles. The standard InChI is InChI=1S/C20H24N4O3/c1-14-13-17(21-7-8-23-9-11-27-12-10-23)24-16-6-4-3-5-15(16)22-19(24)18(14)20(25)26-2/h3-6,13,21H,7-12H2,1-2H3. The summed E-state index contributed by atoms with van der Waals surface area (Å²) in [5.74, 6) is 0.560. The van der Waals surface area contributed by atoms with Crippen molar-refractivity contribution in [1.82, 2.24) is 14.3 Å². The van der Waals surface area contributed by atoms with Crippen LogP contribution in [0.15, 0.2) is 30.3 Å². The maximum atomic E-state index is 12.3. The van der Waals surface area contributed by atoms with Crippen LogP contribution >= 0.6 is 0 Å². The molecule has 7 heteroatoms. The highest BCUT2D eigenvalue weighted by molar-refractivity contribution is 6.00. The van der Waals surface area contributed by atoms with E-state index in [0.29, 0.717) is 11.2 Å². The topological polar surface area (TPSA) is 68.1 Å². The number of anilines is 1. The first-order valence-electron chi connectivity index (χ1n) is 9.22. The molecular weight excluding hydrogens is 344 g/mol. The number of aromatic nitrogens is 2. The molecule has 3 heterocycles. The summed E-state index contributed by atoms with van der Waals surface area (Å²) in [6.45, 7) is 7.18. The predicted molar refractivity (Wildman–Crippen MR) is 105 cm³/mol. The minimum atomic E-state index is -0.368. The first-order valence-corrected chi connectivity index (χ1v) is 9.22. The number of aryl methyl sites for hydroxylation is 1. The summed E-state index contributed by atoms with van der Waals surface area (Å²) >= 11 is 0. The van der Waals surface area contributed by atoms with Crippen LogP contribution in [0.2, 0.25) is 0 Å². The first-order chi connectivity index (χ1) is 13.2. The number of nitrogens with one attached hydrogen (secondary N) is 1. The maximum absolute atomic E-state index is 12.3. The van der Waals surface area contributed by atoms with Gasteiger partial charge in [-0.05, 0) is 30.7 Å². The van der Waals surface area contributed by atoms with Crippen LogP contribution in [0.1, 0.15) is 15.9 Å². The molecule has 4 rings (SSSR count). The lowest BCUT2D eigenvalue weighted by molar-refractivity contribution is 0.0398. The second-order valence-electron chi connectivity index (χ2n) is 6.72. The van der Waals surface area contributed by atoms with Gasteiger partial charge < -0.3 is 14.8 Å². The SMILES string of the molecule is COC(=O)c1c(C)cc(NCCN2CCOCC2)n2c1nc1ccccc12. The average molecular weight is 368 g/mol. The highest BCUT2D eigenvalue weighted by Crippen LogP contribution is 2.27. The number of morpholine rings is 1. The van der Waals surface area contributed by atoms with Crippen LogP contribution in [-0.2, 0) is 9.47 Å². The molecule has 142 valence electrons. The van der Waals surface area contributed by atoms with Crippen molar-refractivity contribution in [3.63, 3.8) is 0 Å². The van der Waals surface area contributed by atoms with Crippen LogP contribution in [0.3, 0.4) is 0 Å². The van der Waals surface area contributed by atoms with Crippen molar-refractivity contribution < 1.29 is 14.3 Å². The quantitative estimate of drug-likeness (QED) is 0.697. The Hall–Kier alpha value is -2.64. The summed E-state index contributed by atoms with van der Waals surface area (Å²) in [6, 6.07) is 9.89. The number of carbonyl (C=O) groups is 1. The molecule has 0 aliphatic carbocycles. The van der Waals surface area contributed by atoms with Gasteiger partial charge in [0.25, 0.3) is 0 Å². The van der Waals surface area contributed by atoms with Crippen LogP contribution in [-0.4, -0.2) is 66.8 Å². The average Bonchev–Trinajstić information content (AvgIpc) is 3.07. The fourth-order valence-electron chi connectivity index (χ4n) is 3.61. The second kappa shape index (κ2) is 7.54. The number of pyridine rings is 1. The normalized spacial score (nSPS) is 15.3. The third-order valence-electron chi connectivity index (χ3n) is 5.00. The Balaban J connectivity index is 1.72. The summed E-state index contributed by atoms with van der Waals surface area (Å²) in [7, 11) is 1.40. The van der Waals surface area contributed by atoms with Gasteiger partial charge in [0.05, 0.1) is 31.4 Å². The number of ether oxygens (including phenoxy) is 2. The van der Waals surface area contributed by atoms with Gasteiger partial charge in [-0.3, -0.25) is 9.30 Å². The van der Waals surface area contributed by atoms with Crippen molar-refractivity contribution >= 4 is 28.5 Å². The second-order valence-corrected chi connectivity index (χ2v) is 6.72. The molecule has 0 spiro atoms. The van der Waals surface area contributed by atoms with Crippen molar-refractivity contribution in [2.45, 2.75) is 6.92 Å². The molecule has 0 unspecified atom stereocenters. The van der Waals surface area contributed by atoms with Gasteiger partial charge >= 0.3 is 5.97 Å². The van der Waals surface area contributed by atoms with Crippen LogP contribution in [0.5, 0.6) is 0 Å². The Morgan fingerprint density at radius 1 is 1.30 bits per heavy atom. The van der Waals surface area contributed by atoms with E-state index in [1.807, 2.05) is 41.7 Å². The van der Waals surface area contributed by atoms with Crippen molar-refractivity contribution in [2.75, 3.05) is 51.8 Å². The summed E-state index contributed by atoms with van der Waals surface area (Å²) in [5, 5.41) is 3.53. The van der Waals surface area contributed by atoms with Gasteiger partial charge in [-0.15, -0.1) is 0 Å². The van der Waals surface area contributed by atoms with Gasteiger partial charge in [0.2, 0.25) is 0 Å². The van der Waals surface area contributed by atoms with Crippen molar-refractivity contribution in [3.05, 3.63) is 41.5 Å². The van der Waals surface area contributed by atoms with E-state index in [0.717, 1.165) is 61.8 Å². The number of nitrogens with zero attached hydrogens (tertiary/aromatic N) is 3. The molecule has 1 N–H and O–H groups in total. The number of rotatable bonds is 5. The number of para-hydroxylation sites is 2. The molecule has 1 aliphatic rings. The number of benzene rings is 1. The number of esters is 1. The third-order valence-corrected chi connectivity index (χ3v) is 5.00. The van der Waals surface area contributed by atoms with E-state index < -0.39 is 0 Å². The van der Waals surface area contributed by atoms with Crippen molar-refractivity contribution in [3.8, 4) is 0 Å². The zero-order valence-corrected chi connectivity index (χ0v) is 15.7. The van der Waals surface area contributed by atoms with Crippen molar-refractivity contribution in [2.24, 2.45) is 0 Å². The molecule has 1 aromatic carbocycles. The number of hydrogen-bond donors (Lipinski definition) is 1. The predicted octanol–water partition coefficient (Wildman–Crippen LogP) is 2.33. The van der Waals surface area contributed by atoms with Gasteiger partial charge in [-0.1, -0.05) is 12.1 Å². The minimum Gasteiger partial charge on any atom is -0.465 e. The van der Waals surface area contributed by atoms with E-state index in [1.54, 1.807) is 0 Å². The zero-order chi connectivity index (χ0) is 18.8. The zero-order valence-electron chi connectivity index (χ0n) is 15.7. The largest absolute Gasteiger partial charge is 0.465 e. The highest BCUT2D eigenvalue weighted by Gasteiger charge is 2.20. The van der Waals surface area contributed by atoms with Gasteiger partial charge in [-0.2, -0.15) is 0 Å². The number of carbonyl (C=O) groups excluding carboxylic acids is 1. The van der Waals surface area contributed by atoms with Gasteiger partial charge in [0, 0.05) is 26.2 Å². The van der Waals surface area contributed by atoms with Crippen LogP contribution < -0.4 is 5.32 Å². The molecule has 3 aromatic rings. The summed E-state index contributed by atoms with van der Waals surface area (Å²) in [5.41, 5.74) is 3.79. The molecular formula is C20H24N4O3. The number of hydrogen-bond acceptors (Lipinski definition) is 6. The van der Waals surface area contributed by atoms with Crippen LogP contribution in [0.25, 0.3) is 16.7 Å². The maximum Gasteiger partial charge on any atom is 0.341 e. The molecule has 1 aliphatic heterocycles. The lowest BCUT2D eigenvalue weighted by Gasteiger charge is -2.26. The fraction of sp³-hybridized carbons (Fsp3) is 0.400. The van der Waals surface area contributed by atoms with E-state index >= 15 is 0 Å². The summed E-state index contributed by atoms with van der Waals surface area (Å²) in [6.07, 6.45) is 0. The Morgan fingerprint density at radius 3 is 2.85 bits per heavy atom. The first kappa shape index (κ1) is 17.8. The number of imidazole rings is 1. The van der Waals surface area contributed by atoms with Crippen LogP contribution in [0.4, 0.5) is 5.82 Å². The number of methoxy groups -OCH3 is 1. The Labute approximate surface area is 157 Å². The summed E-state index contributed by atoms with van der Waals surface area (Å²) < 4.78 is 12.4. The summed E-state index contributed by atoms with van der Waals surface area (Å²) in [4.78, 5) is 19.4. The van der Waals surface area contributed by atoms with Gasteiger partial charge in [0.1, 0.15) is 11.4 Å². The molecule has 0 radical (unpaired) electrons. The van der Waals surface area contributed by atoms with Gasteiger partial charge in [-0.25, -0.2) is 9.78 Å². The van der Waals surface area contributed by atoms with E-state index in [9.17, 15) is 4.79 Å². The Bertz CT molecular complexity index is 976. The van der Waals surface area contributed by atoms with Crippen molar-refractivity contribution in [1.29, 1.82) is 0 Å². The number of fused-ring (bicyclic) bond motifs is 3. The van der Waals surface area contributed by atoms with E-state index in [-0.39, 0.29) is 5.97 Å². The monoisotopic (exact) mass is 368 g/mol. The third kappa shape index (κ3) is 3.36. The van der Waals surface area contributed by atoms with Crippen LogP contribution in [0, 0.1) is 6.92 Å². The Kier molecular flexibility index (Phi) is 4.96.